The van der Waals surface area contributed by atoms with E-state index in [2.05, 4.69) is 17.5 Å². The maximum atomic E-state index is 11.9. The minimum atomic E-state index is -0.573. The van der Waals surface area contributed by atoms with E-state index in [1.807, 2.05) is 0 Å². The molecule has 0 heterocycles. The summed E-state index contributed by atoms with van der Waals surface area (Å²) in [6.07, 6.45) is 4.65. The fourth-order valence-electron chi connectivity index (χ4n) is 2.50. The molecular weight excluding hydrogens is 390 g/mol. The number of carbonyl (C=O) groups is 1. The Morgan fingerprint density at radius 3 is 2.67 bits per heavy atom. The van der Waals surface area contributed by atoms with Crippen LogP contribution in [-0.4, -0.2) is 37.4 Å². The summed E-state index contributed by atoms with van der Waals surface area (Å²) < 4.78 is 16.3. The van der Waals surface area contributed by atoms with Gasteiger partial charge in [-0.25, -0.2) is 5.43 Å². The molecule has 0 radical (unpaired) electrons. The molecule has 0 unspecified atom stereocenters. The van der Waals surface area contributed by atoms with E-state index in [0.717, 1.165) is 19.3 Å². The molecule has 0 bridgehead atoms. The lowest BCUT2D eigenvalue weighted by Crippen LogP contribution is -2.24. The number of hydrazone groups is 1. The number of nitrogens with zero attached hydrogens (tertiary/aromatic N) is 2. The quantitative estimate of drug-likeness (QED) is 0.245. The highest BCUT2D eigenvalue weighted by Gasteiger charge is 2.14. The smallest absolute Gasteiger partial charge is 0.310 e. The molecule has 2 rings (SSSR count). The van der Waals surface area contributed by atoms with Crippen LogP contribution in [-0.2, 0) is 4.79 Å². The Morgan fingerprint density at radius 1 is 1.13 bits per heavy atom. The van der Waals surface area contributed by atoms with Gasteiger partial charge in [-0.2, -0.15) is 5.10 Å². The number of rotatable bonds is 12. The zero-order valence-electron chi connectivity index (χ0n) is 17.0. The molecule has 9 heteroatoms. The third-order valence-corrected chi connectivity index (χ3v) is 4.02. The van der Waals surface area contributed by atoms with Gasteiger partial charge in [0.2, 0.25) is 0 Å². The number of nitro benzene ring substituents is 1. The van der Waals surface area contributed by atoms with E-state index in [1.165, 1.54) is 24.4 Å². The van der Waals surface area contributed by atoms with E-state index in [-0.39, 0.29) is 11.4 Å². The second-order valence-electron chi connectivity index (χ2n) is 6.27. The summed E-state index contributed by atoms with van der Waals surface area (Å²) in [6.45, 7) is 2.34. The van der Waals surface area contributed by atoms with Gasteiger partial charge in [-0.1, -0.05) is 31.9 Å². The van der Waals surface area contributed by atoms with Crippen molar-refractivity contribution >= 4 is 17.8 Å². The molecule has 30 heavy (non-hydrogen) atoms. The van der Waals surface area contributed by atoms with Gasteiger partial charge in [0, 0.05) is 6.07 Å². The first-order valence-corrected chi connectivity index (χ1v) is 9.54. The molecule has 1 amide bonds. The van der Waals surface area contributed by atoms with Crippen LogP contribution in [0.15, 0.2) is 47.6 Å². The molecule has 0 saturated heterocycles. The number of benzene rings is 2. The third kappa shape index (κ3) is 7.08. The zero-order chi connectivity index (χ0) is 21.8. The Balaban J connectivity index is 1.87. The summed E-state index contributed by atoms with van der Waals surface area (Å²) in [5.41, 5.74) is 2.81. The first-order valence-electron chi connectivity index (χ1n) is 9.54. The van der Waals surface area contributed by atoms with Crippen molar-refractivity contribution in [2.75, 3.05) is 20.3 Å². The Morgan fingerprint density at radius 2 is 1.93 bits per heavy atom. The highest BCUT2D eigenvalue weighted by Crippen LogP contribution is 2.28. The molecule has 9 nitrogen and oxygen atoms in total. The van der Waals surface area contributed by atoms with Crippen molar-refractivity contribution in [3.05, 3.63) is 58.1 Å². The average Bonchev–Trinajstić information content (AvgIpc) is 2.76. The molecule has 2 aromatic rings. The normalized spacial score (nSPS) is 10.6. The van der Waals surface area contributed by atoms with Crippen molar-refractivity contribution in [3.63, 3.8) is 0 Å². The molecule has 0 fully saturated rings. The van der Waals surface area contributed by atoms with Crippen LogP contribution in [0.5, 0.6) is 17.2 Å². The summed E-state index contributed by atoms with van der Waals surface area (Å²) in [5, 5.41) is 14.8. The van der Waals surface area contributed by atoms with Gasteiger partial charge in [0.1, 0.15) is 0 Å². The van der Waals surface area contributed by atoms with Crippen molar-refractivity contribution in [1.82, 2.24) is 5.43 Å². The summed E-state index contributed by atoms with van der Waals surface area (Å²) in [5.74, 6) is 0.683. The molecule has 1 N–H and O–H groups in total. The van der Waals surface area contributed by atoms with Gasteiger partial charge in [0.25, 0.3) is 5.91 Å². The number of para-hydroxylation sites is 2. The lowest BCUT2D eigenvalue weighted by Gasteiger charge is -2.11. The molecule has 160 valence electrons. The number of nitro groups is 1. The van der Waals surface area contributed by atoms with Crippen molar-refractivity contribution in [3.8, 4) is 17.2 Å². The maximum absolute atomic E-state index is 11.9. The number of ether oxygens (including phenoxy) is 3. The minimum absolute atomic E-state index is 0.0147. The fraction of sp³-hybridized carbons (Fsp3) is 0.333. The number of amides is 1. The van der Waals surface area contributed by atoms with E-state index in [9.17, 15) is 14.9 Å². The van der Waals surface area contributed by atoms with E-state index < -0.39 is 17.4 Å². The van der Waals surface area contributed by atoms with Crippen molar-refractivity contribution in [2.24, 2.45) is 5.10 Å². The van der Waals surface area contributed by atoms with Gasteiger partial charge < -0.3 is 14.2 Å². The minimum Gasteiger partial charge on any atom is -0.493 e. The van der Waals surface area contributed by atoms with Crippen molar-refractivity contribution in [2.45, 2.75) is 26.2 Å². The highest BCUT2D eigenvalue weighted by atomic mass is 16.6. The van der Waals surface area contributed by atoms with Gasteiger partial charge >= 0.3 is 5.69 Å². The van der Waals surface area contributed by atoms with Crippen LogP contribution in [0.25, 0.3) is 0 Å². The number of unbranched alkanes of at least 4 members (excludes halogenated alkanes) is 2. The van der Waals surface area contributed by atoms with Gasteiger partial charge in [0.15, 0.2) is 23.9 Å². The maximum Gasteiger partial charge on any atom is 0.310 e. The molecule has 0 saturated carbocycles. The van der Waals surface area contributed by atoms with E-state index >= 15 is 0 Å². The molecule has 0 spiro atoms. The van der Waals surface area contributed by atoms with E-state index in [0.29, 0.717) is 23.7 Å². The van der Waals surface area contributed by atoms with Gasteiger partial charge in [0.05, 0.1) is 24.9 Å². The highest BCUT2D eigenvalue weighted by molar-refractivity contribution is 5.83. The van der Waals surface area contributed by atoms with Crippen LogP contribution in [0.3, 0.4) is 0 Å². The lowest BCUT2D eigenvalue weighted by atomic mass is 10.2. The number of nitrogens with one attached hydrogen (secondary N) is 1. The lowest BCUT2D eigenvalue weighted by molar-refractivity contribution is -0.385. The van der Waals surface area contributed by atoms with Crippen molar-refractivity contribution in [1.29, 1.82) is 0 Å². The van der Waals surface area contributed by atoms with E-state index in [4.69, 9.17) is 14.2 Å². The van der Waals surface area contributed by atoms with Crippen LogP contribution in [0.1, 0.15) is 31.7 Å². The molecular formula is C21H25N3O6. The van der Waals surface area contributed by atoms with E-state index in [1.54, 1.807) is 31.4 Å². The zero-order valence-corrected chi connectivity index (χ0v) is 17.0. The number of hydrogen-bond donors (Lipinski definition) is 1. The van der Waals surface area contributed by atoms with Gasteiger partial charge in [-0.15, -0.1) is 0 Å². The SMILES string of the molecule is CCCCCOc1ccc(C=NNC(=O)COc2ccccc2[N+](=O)[O-])cc1OC. The molecule has 0 atom stereocenters. The number of hydrogen-bond acceptors (Lipinski definition) is 7. The molecule has 0 aromatic heterocycles. The molecule has 0 aliphatic heterocycles. The third-order valence-electron chi connectivity index (χ3n) is 4.02. The van der Waals surface area contributed by atoms with Gasteiger partial charge in [-0.05, 0) is 36.2 Å². The summed E-state index contributed by atoms with van der Waals surface area (Å²) in [7, 11) is 1.55. The number of carbonyl (C=O) groups excluding carboxylic acids is 1. The van der Waals surface area contributed by atoms with Crippen LogP contribution < -0.4 is 19.6 Å². The predicted octanol–water partition coefficient (Wildman–Crippen LogP) is 3.70. The predicted molar refractivity (Wildman–Crippen MR) is 112 cm³/mol. The molecule has 2 aromatic carbocycles. The standard InChI is InChI=1S/C21H25N3O6/c1-3-4-7-12-29-19-11-10-16(13-20(19)28-2)14-22-23-21(25)15-30-18-9-6-5-8-17(18)24(26)27/h5-6,8-11,13-14H,3-4,7,12,15H2,1-2H3,(H,23,25). The Bertz CT molecular complexity index is 885. The van der Waals surface area contributed by atoms with Crippen LogP contribution in [0.4, 0.5) is 5.69 Å². The first kappa shape index (κ1) is 22.7. The largest absolute Gasteiger partial charge is 0.493 e. The Kier molecular flexibility index (Phi) is 9.11. The number of methoxy groups -OCH3 is 1. The van der Waals surface area contributed by atoms with Crippen LogP contribution in [0, 0.1) is 10.1 Å². The second-order valence-corrected chi connectivity index (χ2v) is 6.27. The monoisotopic (exact) mass is 415 g/mol. The Hall–Kier alpha value is -3.62. The summed E-state index contributed by atoms with van der Waals surface area (Å²) in [6, 6.07) is 11.1. The fourth-order valence-corrected chi connectivity index (χ4v) is 2.50. The molecule has 0 aliphatic carbocycles. The Labute approximate surface area is 174 Å². The second kappa shape index (κ2) is 12.1. The molecule has 0 aliphatic rings. The van der Waals surface area contributed by atoms with Crippen LogP contribution >= 0.6 is 0 Å². The summed E-state index contributed by atoms with van der Waals surface area (Å²) >= 11 is 0. The summed E-state index contributed by atoms with van der Waals surface area (Å²) in [4.78, 5) is 22.2. The van der Waals surface area contributed by atoms with Crippen LogP contribution in [0.2, 0.25) is 0 Å². The van der Waals surface area contributed by atoms with Crippen molar-refractivity contribution < 1.29 is 23.9 Å². The first-order chi connectivity index (χ1) is 14.5. The topological polar surface area (TPSA) is 112 Å². The average molecular weight is 415 g/mol. The van der Waals surface area contributed by atoms with Gasteiger partial charge in [-0.3, -0.25) is 14.9 Å².